The third kappa shape index (κ3) is 5.28. The van der Waals surface area contributed by atoms with E-state index in [4.69, 9.17) is 4.74 Å². The van der Waals surface area contributed by atoms with E-state index in [0.717, 1.165) is 0 Å². The van der Waals surface area contributed by atoms with E-state index in [1.54, 1.807) is 42.5 Å². The molecule has 2 aromatic carbocycles. The van der Waals surface area contributed by atoms with Crippen LogP contribution in [0.1, 0.15) is 51.9 Å². The highest BCUT2D eigenvalue weighted by Gasteiger charge is 2.29. The molecule has 0 fully saturated rings. The first-order chi connectivity index (χ1) is 15.0. The van der Waals surface area contributed by atoms with Gasteiger partial charge in [0.25, 0.3) is 5.91 Å². The molecule has 0 aliphatic heterocycles. The van der Waals surface area contributed by atoms with E-state index in [-0.39, 0.29) is 29.0 Å². The van der Waals surface area contributed by atoms with Crippen molar-refractivity contribution in [3.8, 4) is 5.75 Å². The molecule has 172 valence electrons. The summed E-state index contributed by atoms with van der Waals surface area (Å²) >= 11 is 1.24. The van der Waals surface area contributed by atoms with Gasteiger partial charge in [0, 0.05) is 17.6 Å². The number of amides is 1. The highest BCUT2D eigenvalue weighted by Crippen LogP contribution is 2.30. The molecule has 1 heterocycles. The van der Waals surface area contributed by atoms with Gasteiger partial charge in [0.1, 0.15) is 5.75 Å². The first kappa shape index (κ1) is 24.2. The maximum atomic E-state index is 13.2. The molecule has 1 aromatic heterocycles. The van der Waals surface area contributed by atoms with Gasteiger partial charge in [-0.05, 0) is 84.0 Å². The Kier molecular flexibility index (Phi) is 7.22. The number of hydrogen-bond acceptors (Lipinski definition) is 6. The first-order valence-electron chi connectivity index (χ1n) is 10.5. The minimum atomic E-state index is -3.65. The molecule has 0 atom stereocenters. The van der Waals surface area contributed by atoms with Crippen molar-refractivity contribution in [2.45, 2.75) is 64.6 Å². The van der Waals surface area contributed by atoms with Crippen LogP contribution in [0.25, 0.3) is 10.2 Å². The Morgan fingerprint density at radius 2 is 1.62 bits per heavy atom. The molecule has 3 rings (SSSR count). The summed E-state index contributed by atoms with van der Waals surface area (Å²) < 4.78 is 34.1. The summed E-state index contributed by atoms with van der Waals surface area (Å²) in [6.07, 6.45) is 0.0549. The quantitative estimate of drug-likeness (QED) is 0.487. The Balaban J connectivity index is 1.82. The number of nitrogens with one attached hydrogen (secondary N) is 1. The molecular formula is C23H29N3O4S2. The smallest absolute Gasteiger partial charge is 0.257 e. The van der Waals surface area contributed by atoms with Crippen molar-refractivity contribution < 1.29 is 17.9 Å². The van der Waals surface area contributed by atoms with Crippen LogP contribution in [0.4, 0.5) is 5.13 Å². The molecule has 0 bridgehead atoms. The molecule has 1 N–H and O–H groups in total. The lowest BCUT2D eigenvalue weighted by Crippen LogP contribution is -2.41. The zero-order chi connectivity index (χ0) is 23.6. The number of carbonyl (C=O) groups is 1. The Morgan fingerprint density at radius 1 is 1.00 bits per heavy atom. The predicted molar refractivity (Wildman–Crippen MR) is 129 cm³/mol. The number of rotatable bonds is 8. The van der Waals surface area contributed by atoms with Crippen LogP contribution in [0, 0.1) is 0 Å². The maximum absolute atomic E-state index is 13.2. The van der Waals surface area contributed by atoms with Crippen molar-refractivity contribution >= 4 is 42.6 Å². The fraction of sp³-hybridized carbons (Fsp3) is 0.391. The van der Waals surface area contributed by atoms with Crippen LogP contribution in [-0.4, -0.2) is 41.8 Å². The average molecular weight is 476 g/mol. The van der Waals surface area contributed by atoms with Gasteiger partial charge in [-0.25, -0.2) is 13.4 Å². The number of nitrogens with zero attached hydrogens (tertiary/aromatic N) is 2. The number of anilines is 1. The Hall–Kier alpha value is -2.49. The third-order valence-electron chi connectivity index (χ3n) is 4.66. The van der Waals surface area contributed by atoms with Gasteiger partial charge in [-0.2, -0.15) is 4.31 Å². The average Bonchev–Trinajstić information content (AvgIpc) is 3.08. The molecule has 3 aromatic rings. The van der Waals surface area contributed by atoms with Crippen LogP contribution in [0.15, 0.2) is 47.4 Å². The maximum Gasteiger partial charge on any atom is 0.257 e. The largest absolute Gasteiger partial charge is 0.491 e. The second kappa shape index (κ2) is 9.56. The van der Waals surface area contributed by atoms with Crippen molar-refractivity contribution in [3.05, 3.63) is 48.0 Å². The van der Waals surface area contributed by atoms with Gasteiger partial charge in [0.2, 0.25) is 10.0 Å². The number of fused-ring (bicyclic) bond motifs is 1. The van der Waals surface area contributed by atoms with Crippen LogP contribution in [0.2, 0.25) is 0 Å². The van der Waals surface area contributed by atoms with Crippen LogP contribution in [0.5, 0.6) is 5.75 Å². The van der Waals surface area contributed by atoms with Gasteiger partial charge in [0.15, 0.2) is 5.13 Å². The first-order valence-corrected chi connectivity index (χ1v) is 12.8. The van der Waals surface area contributed by atoms with Crippen LogP contribution in [-0.2, 0) is 10.0 Å². The lowest BCUT2D eigenvalue weighted by Gasteiger charge is -2.29. The summed E-state index contributed by atoms with van der Waals surface area (Å²) in [7, 11) is -3.65. The molecular weight excluding hydrogens is 446 g/mol. The summed E-state index contributed by atoms with van der Waals surface area (Å²) in [6.45, 7) is 11.3. The zero-order valence-electron chi connectivity index (χ0n) is 19.1. The molecule has 0 radical (unpaired) electrons. The highest BCUT2D eigenvalue weighted by atomic mass is 32.2. The zero-order valence-corrected chi connectivity index (χ0v) is 20.8. The molecule has 0 saturated heterocycles. The summed E-state index contributed by atoms with van der Waals surface area (Å²) in [4.78, 5) is 17.2. The van der Waals surface area contributed by atoms with Gasteiger partial charge in [-0.15, -0.1) is 0 Å². The van der Waals surface area contributed by atoms with E-state index < -0.39 is 10.0 Å². The van der Waals surface area contributed by atoms with E-state index in [1.165, 1.54) is 15.6 Å². The van der Waals surface area contributed by atoms with Gasteiger partial charge < -0.3 is 4.74 Å². The van der Waals surface area contributed by atoms with Crippen LogP contribution >= 0.6 is 11.3 Å². The fourth-order valence-corrected chi connectivity index (χ4v) is 6.35. The Bertz CT molecular complexity index is 1190. The number of benzene rings is 2. The SMILES string of the molecule is CC(C)Oc1ccc(C(=O)Nc2nc3ccc(S(=O)(=O)N(C(C)C)C(C)C)cc3s2)cc1. The van der Waals surface area contributed by atoms with Crippen molar-refractivity contribution in [1.29, 1.82) is 0 Å². The summed E-state index contributed by atoms with van der Waals surface area (Å²) in [5, 5.41) is 3.20. The van der Waals surface area contributed by atoms with Gasteiger partial charge in [-0.1, -0.05) is 11.3 Å². The second-order valence-electron chi connectivity index (χ2n) is 8.32. The standard InChI is InChI=1S/C23H29N3O4S2/c1-14(2)26(15(3)4)32(28,29)19-11-12-20-21(13-19)31-23(24-20)25-22(27)17-7-9-18(10-8-17)30-16(5)6/h7-16H,1-6H3,(H,24,25,27). The van der Waals surface area contributed by atoms with E-state index in [1.807, 2.05) is 41.5 Å². The van der Waals surface area contributed by atoms with Gasteiger partial charge in [0.05, 0.1) is 21.2 Å². The molecule has 0 saturated carbocycles. The topological polar surface area (TPSA) is 88.6 Å². The minimum Gasteiger partial charge on any atom is -0.491 e. The van der Waals surface area contributed by atoms with E-state index in [2.05, 4.69) is 10.3 Å². The normalized spacial score (nSPS) is 12.3. The van der Waals surface area contributed by atoms with Crippen LogP contribution < -0.4 is 10.1 Å². The monoisotopic (exact) mass is 475 g/mol. The molecule has 32 heavy (non-hydrogen) atoms. The van der Waals surface area contributed by atoms with Crippen molar-refractivity contribution in [1.82, 2.24) is 9.29 Å². The number of sulfonamides is 1. The van der Waals surface area contributed by atoms with Crippen LogP contribution in [0.3, 0.4) is 0 Å². The lowest BCUT2D eigenvalue weighted by atomic mass is 10.2. The summed E-state index contributed by atoms with van der Waals surface area (Å²) in [5.41, 5.74) is 1.11. The number of thiazole rings is 1. The highest BCUT2D eigenvalue weighted by molar-refractivity contribution is 7.89. The van der Waals surface area contributed by atoms with Crippen molar-refractivity contribution in [2.24, 2.45) is 0 Å². The third-order valence-corrected chi connectivity index (χ3v) is 7.84. The van der Waals surface area contributed by atoms with E-state index in [9.17, 15) is 13.2 Å². The predicted octanol–water partition coefficient (Wildman–Crippen LogP) is 5.14. The molecule has 0 unspecified atom stereocenters. The lowest BCUT2D eigenvalue weighted by molar-refractivity contribution is 0.102. The molecule has 0 aliphatic rings. The number of ether oxygens (including phenoxy) is 1. The van der Waals surface area contributed by atoms with E-state index in [0.29, 0.717) is 26.7 Å². The van der Waals surface area contributed by atoms with E-state index >= 15 is 0 Å². The molecule has 0 spiro atoms. The van der Waals surface area contributed by atoms with Crippen molar-refractivity contribution in [3.63, 3.8) is 0 Å². The van der Waals surface area contributed by atoms with Crippen molar-refractivity contribution in [2.75, 3.05) is 5.32 Å². The molecule has 7 nitrogen and oxygen atoms in total. The minimum absolute atomic E-state index is 0.0549. The number of hydrogen-bond donors (Lipinski definition) is 1. The van der Waals surface area contributed by atoms with Gasteiger partial charge >= 0.3 is 0 Å². The number of carbonyl (C=O) groups excluding carboxylic acids is 1. The molecule has 1 amide bonds. The summed E-state index contributed by atoms with van der Waals surface area (Å²) in [5.74, 6) is 0.404. The molecule has 9 heteroatoms. The summed E-state index contributed by atoms with van der Waals surface area (Å²) in [6, 6.07) is 11.4. The second-order valence-corrected chi connectivity index (χ2v) is 11.2. The Morgan fingerprint density at radius 3 is 2.19 bits per heavy atom. The molecule has 0 aliphatic carbocycles. The van der Waals surface area contributed by atoms with Gasteiger partial charge in [-0.3, -0.25) is 10.1 Å². The Labute approximate surface area is 193 Å². The number of aromatic nitrogens is 1. The fourth-order valence-electron chi connectivity index (χ4n) is 3.52.